The van der Waals surface area contributed by atoms with Crippen molar-refractivity contribution in [1.29, 1.82) is 0 Å². The summed E-state index contributed by atoms with van der Waals surface area (Å²) < 4.78 is 2.96. The van der Waals surface area contributed by atoms with Crippen LogP contribution in [0.2, 0.25) is 0 Å². The van der Waals surface area contributed by atoms with Gasteiger partial charge in [-0.15, -0.1) is 11.3 Å². The van der Waals surface area contributed by atoms with E-state index in [0.29, 0.717) is 6.42 Å². The zero-order valence-corrected chi connectivity index (χ0v) is 10.6. The van der Waals surface area contributed by atoms with Gasteiger partial charge in [0, 0.05) is 25.9 Å². The largest absolute Gasteiger partial charge is 0.388 e. The van der Waals surface area contributed by atoms with Crippen LogP contribution in [0.1, 0.15) is 17.5 Å². The molecule has 0 aliphatic carbocycles. The summed E-state index contributed by atoms with van der Waals surface area (Å²) in [7, 11) is 1.93. The number of aromatic nitrogens is 2. The first-order valence-electron chi connectivity index (χ1n) is 4.55. The summed E-state index contributed by atoms with van der Waals surface area (Å²) in [4.78, 5) is 4.18. The van der Waals surface area contributed by atoms with Crippen LogP contribution in [-0.4, -0.2) is 14.7 Å². The Morgan fingerprint density at radius 1 is 1.67 bits per heavy atom. The first-order valence-corrected chi connectivity index (χ1v) is 6.22. The van der Waals surface area contributed by atoms with Gasteiger partial charge in [-0.05, 0) is 32.9 Å². The molecule has 0 aliphatic rings. The smallest absolute Gasteiger partial charge is 0.111 e. The summed E-state index contributed by atoms with van der Waals surface area (Å²) in [5.74, 6) is 0.893. The van der Waals surface area contributed by atoms with Crippen molar-refractivity contribution in [3.8, 4) is 0 Å². The van der Waals surface area contributed by atoms with E-state index in [-0.39, 0.29) is 0 Å². The van der Waals surface area contributed by atoms with E-state index in [1.165, 1.54) is 0 Å². The maximum Gasteiger partial charge on any atom is 0.111 e. The number of aliphatic hydroxyl groups excluding tert-OH is 1. The third-order valence-corrected chi connectivity index (χ3v) is 3.79. The average molecular weight is 287 g/mol. The minimum Gasteiger partial charge on any atom is -0.388 e. The van der Waals surface area contributed by atoms with Gasteiger partial charge in [-0.2, -0.15) is 0 Å². The molecule has 0 amide bonds. The van der Waals surface area contributed by atoms with Gasteiger partial charge in [0.05, 0.1) is 9.89 Å². The minimum atomic E-state index is -0.478. The molecule has 1 atom stereocenters. The first kappa shape index (κ1) is 10.9. The predicted molar refractivity (Wildman–Crippen MR) is 63.9 cm³/mol. The van der Waals surface area contributed by atoms with Gasteiger partial charge in [-0.25, -0.2) is 4.98 Å². The second-order valence-electron chi connectivity index (χ2n) is 3.36. The molecule has 0 aromatic carbocycles. The normalized spacial score (nSPS) is 13.0. The lowest BCUT2D eigenvalue weighted by Crippen LogP contribution is -2.05. The molecule has 0 radical (unpaired) electrons. The molecule has 0 bridgehead atoms. The van der Waals surface area contributed by atoms with Crippen molar-refractivity contribution in [1.82, 2.24) is 9.55 Å². The average Bonchev–Trinajstić information content (AvgIpc) is 2.77. The number of nitrogens with zero attached hydrogens (tertiary/aromatic N) is 2. The Hall–Kier alpha value is -0.650. The van der Waals surface area contributed by atoms with Crippen LogP contribution in [0.25, 0.3) is 0 Å². The summed E-state index contributed by atoms with van der Waals surface area (Å²) in [6.45, 7) is 0. The van der Waals surface area contributed by atoms with Gasteiger partial charge in [0.2, 0.25) is 0 Å². The van der Waals surface area contributed by atoms with Crippen molar-refractivity contribution < 1.29 is 5.11 Å². The van der Waals surface area contributed by atoms with Crippen molar-refractivity contribution in [2.45, 2.75) is 12.5 Å². The van der Waals surface area contributed by atoms with E-state index in [1.54, 1.807) is 17.5 Å². The Kier molecular flexibility index (Phi) is 3.23. The Morgan fingerprint density at radius 2 is 2.47 bits per heavy atom. The lowest BCUT2D eigenvalue weighted by atomic mass is 10.1. The highest BCUT2D eigenvalue weighted by molar-refractivity contribution is 9.11. The molecule has 0 saturated carbocycles. The van der Waals surface area contributed by atoms with Gasteiger partial charge in [-0.3, -0.25) is 0 Å². The third-order valence-electron chi connectivity index (χ3n) is 2.27. The lowest BCUT2D eigenvalue weighted by Gasteiger charge is -2.08. The number of rotatable bonds is 3. The van der Waals surface area contributed by atoms with Crippen molar-refractivity contribution in [2.24, 2.45) is 7.05 Å². The zero-order chi connectivity index (χ0) is 10.8. The predicted octanol–water partition coefficient (Wildman–Crippen LogP) is 2.52. The fraction of sp³-hybridized carbons (Fsp3) is 0.300. The van der Waals surface area contributed by atoms with E-state index in [1.807, 2.05) is 29.3 Å². The minimum absolute atomic E-state index is 0.478. The molecular formula is C10H11BrN2OS. The fourth-order valence-electron chi connectivity index (χ4n) is 1.38. The van der Waals surface area contributed by atoms with E-state index < -0.39 is 6.10 Å². The number of aliphatic hydroxyl groups is 1. The van der Waals surface area contributed by atoms with Crippen molar-refractivity contribution in [3.05, 3.63) is 39.0 Å². The lowest BCUT2D eigenvalue weighted by molar-refractivity contribution is 0.175. The van der Waals surface area contributed by atoms with E-state index in [4.69, 9.17) is 0 Å². The van der Waals surface area contributed by atoms with Gasteiger partial charge in [0.1, 0.15) is 5.82 Å². The SMILES string of the molecule is Cn1ccnc1CC(O)c1csc(Br)c1. The number of imidazole rings is 1. The molecule has 3 nitrogen and oxygen atoms in total. The molecule has 2 rings (SSSR count). The quantitative estimate of drug-likeness (QED) is 0.942. The van der Waals surface area contributed by atoms with E-state index in [2.05, 4.69) is 20.9 Å². The summed E-state index contributed by atoms with van der Waals surface area (Å²) in [6.07, 6.45) is 3.69. The van der Waals surface area contributed by atoms with Crippen LogP contribution < -0.4 is 0 Å². The molecule has 5 heteroatoms. The summed E-state index contributed by atoms with van der Waals surface area (Å²) in [5.41, 5.74) is 0.940. The fourth-order valence-corrected chi connectivity index (χ4v) is 2.60. The van der Waals surface area contributed by atoms with Crippen molar-refractivity contribution in [2.75, 3.05) is 0 Å². The van der Waals surface area contributed by atoms with Crippen LogP contribution in [-0.2, 0) is 13.5 Å². The highest BCUT2D eigenvalue weighted by atomic mass is 79.9. The van der Waals surface area contributed by atoms with Crippen LogP contribution >= 0.6 is 27.3 Å². The molecule has 2 aromatic rings. The summed E-state index contributed by atoms with van der Waals surface area (Å²) in [6, 6.07) is 1.94. The van der Waals surface area contributed by atoms with E-state index in [0.717, 1.165) is 15.2 Å². The number of thiophene rings is 1. The molecule has 0 saturated heterocycles. The van der Waals surface area contributed by atoms with Crippen molar-refractivity contribution in [3.63, 3.8) is 0 Å². The Morgan fingerprint density at radius 3 is 3.00 bits per heavy atom. The maximum atomic E-state index is 9.96. The molecular weight excluding hydrogens is 276 g/mol. The molecule has 1 N–H and O–H groups in total. The van der Waals surface area contributed by atoms with Gasteiger partial charge in [0.25, 0.3) is 0 Å². The molecule has 2 heterocycles. The highest BCUT2D eigenvalue weighted by Gasteiger charge is 2.12. The van der Waals surface area contributed by atoms with Crippen LogP contribution in [0.4, 0.5) is 0 Å². The van der Waals surface area contributed by atoms with Crippen LogP contribution in [0.3, 0.4) is 0 Å². The van der Waals surface area contributed by atoms with E-state index >= 15 is 0 Å². The molecule has 2 aromatic heterocycles. The molecule has 1 unspecified atom stereocenters. The molecule has 0 aliphatic heterocycles. The van der Waals surface area contributed by atoms with E-state index in [9.17, 15) is 5.11 Å². The maximum absolute atomic E-state index is 9.96. The zero-order valence-electron chi connectivity index (χ0n) is 8.22. The second kappa shape index (κ2) is 4.47. The van der Waals surface area contributed by atoms with Gasteiger partial charge in [0.15, 0.2) is 0 Å². The number of aryl methyl sites for hydroxylation is 1. The summed E-state index contributed by atoms with van der Waals surface area (Å²) in [5, 5.41) is 11.9. The van der Waals surface area contributed by atoms with Crippen LogP contribution in [0.15, 0.2) is 27.6 Å². The molecule has 0 spiro atoms. The standard InChI is InChI=1S/C10H11BrN2OS/c1-13-3-2-12-10(13)5-8(14)7-4-9(11)15-6-7/h2-4,6,8,14H,5H2,1H3. The molecule has 15 heavy (non-hydrogen) atoms. The van der Waals surface area contributed by atoms with Crippen LogP contribution in [0.5, 0.6) is 0 Å². The first-order chi connectivity index (χ1) is 7.16. The highest BCUT2D eigenvalue weighted by Crippen LogP contribution is 2.26. The Bertz CT molecular complexity index is 452. The second-order valence-corrected chi connectivity index (χ2v) is 5.65. The third kappa shape index (κ3) is 2.48. The molecule has 80 valence electrons. The number of hydrogen-bond donors (Lipinski definition) is 1. The summed E-state index contributed by atoms with van der Waals surface area (Å²) >= 11 is 4.96. The monoisotopic (exact) mass is 286 g/mol. The van der Waals surface area contributed by atoms with Gasteiger partial charge in [-0.1, -0.05) is 0 Å². The Balaban J connectivity index is 2.10. The van der Waals surface area contributed by atoms with Gasteiger partial charge < -0.3 is 9.67 Å². The number of halogens is 1. The van der Waals surface area contributed by atoms with Crippen LogP contribution in [0, 0.1) is 0 Å². The molecule has 0 fully saturated rings. The number of hydrogen-bond acceptors (Lipinski definition) is 3. The van der Waals surface area contributed by atoms with Gasteiger partial charge >= 0.3 is 0 Å². The Labute approximate surface area is 101 Å². The van der Waals surface area contributed by atoms with Crippen molar-refractivity contribution >= 4 is 27.3 Å². The topological polar surface area (TPSA) is 38.0 Å².